The number of amides is 1. The number of piperazine rings is 1. The molecular formula is C17H28N4O2. The highest BCUT2D eigenvalue weighted by Gasteiger charge is 2.20. The van der Waals surface area contributed by atoms with Gasteiger partial charge in [0.1, 0.15) is 5.76 Å². The Labute approximate surface area is 138 Å². The SMILES string of the molecule is CCCCN=C(NCCc1ccco1)N1CCN(C(C)=O)CC1. The Morgan fingerprint density at radius 3 is 2.65 bits per heavy atom. The zero-order chi connectivity index (χ0) is 16.5. The molecule has 23 heavy (non-hydrogen) atoms. The van der Waals surface area contributed by atoms with E-state index in [9.17, 15) is 4.79 Å². The molecule has 0 radical (unpaired) electrons. The molecule has 0 spiro atoms. The van der Waals surface area contributed by atoms with E-state index >= 15 is 0 Å². The molecule has 1 aliphatic rings. The summed E-state index contributed by atoms with van der Waals surface area (Å²) in [5.41, 5.74) is 0. The van der Waals surface area contributed by atoms with Crippen molar-refractivity contribution < 1.29 is 9.21 Å². The van der Waals surface area contributed by atoms with Crippen LogP contribution in [0.5, 0.6) is 0 Å². The monoisotopic (exact) mass is 320 g/mol. The molecule has 0 atom stereocenters. The lowest BCUT2D eigenvalue weighted by Crippen LogP contribution is -2.53. The second kappa shape index (κ2) is 9.22. The first-order valence-electron chi connectivity index (χ1n) is 8.52. The minimum absolute atomic E-state index is 0.153. The molecule has 6 heteroatoms. The van der Waals surface area contributed by atoms with Crippen molar-refractivity contribution >= 4 is 11.9 Å². The maximum Gasteiger partial charge on any atom is 0.219 e. The van der Waals surface area contributed by atoms with Crippen LogP contribution in [0.4, 0.5) is 0 Å². The molecule has 2 heterocycles. The van der Waals surface area contributed by atoms with Crippen molar-refractivity contribution in [3.8, 4) is 0 Å². The van der Waals surface area contributed by atoms with Crippen LogP contribution in [-0.4, -0.2) is 60.9 Å². The van der Waals surface area contributed by atoms with Gasteiger partial charge in [-0.2, -0.15) is 0 Å². The predicted molar refractivity (Wildman–Crippen MR) is 91.5 cm³/mol. The number of rotatable bonds is 6. The molecule has 1 aliphatic heterocycles. The average molecular weight is 320 g/mol. The number of carbonyl (C=O) groups excluding carboxylic acids is 1. The summed E-state index contributed by atoms with van der Waals surface area (Å²) in [5, 5.41) is 3.44. The zero-order valence-corrected chi connectivity index (χ0v) is 14.3. The van der Waals surface area contributed by atoms with E-state index in [2.05, 4.69) is 17.1 Å². The number of guanidine groups is 1. The van der Waals surface area contributed by atoms with Crippen LogP contribution in [0, 0.1) is 0 Å². The summed E-state index contributed by atoms with van der Waals surface area (Å²) >= 11 is 0. The Bertz CT molecular complexity index is 491. The Hall–Kier alpha value is -1.98. The van der Waals surface area contributed by atoms with E-state index in [1.807, 2.05) is 17.0 Å². The Morgan fingerprint density at radius 2 is 2.04 bits per heavy atom. The molecule has 0 unspecified atom stereocenters. The molecule has 0 saturated carbocycles. The lowest BCUT2D eigenvalue weighted by atomic mass is 10.3. The normalized spacial score (nSPS) is 15.8. The lowest BCUT2D eigenvalue weighted by molar-refractivity contribution is -0.130. The number of carbonyl (C=O) groups is 1. The molecule has 1 aromatic heterocycles. The fraction of sp³-hybridized carbons (Fsp3) is 0.647. The van der Waals surface area contributed by atoms with Gasteiger partial charge in [-0.15, -0.1) is 0 Å². The molecule has 128 valence electrons. The average Bonchev–Trinajstić information content (AvgIpc) is 3.07. The third-order valence-corrected chi connectivity index (χ3v) is 4.03. The standard InChI is InChI=1S/C17H28N4O2/c1-3-4-8-18-17(19-9-7-16-6-5-14-23-16)21-12-10-20(11-13-21)15(2)22/h5-6,14H,3-4,7-13H2,1-2H3,(H,18,19). The molecular weight excluding hydrogens is 292 g/mol. The van der Waals surface area contributed by atoms with Crippen molar-refractivity contribution in [2.75, 3.05) is 39.3 Å². The summed E-state index contributed by atoms with van der Waals surface area (Å²) in [6, 6.07) is 3.90. The van der Waals surface area contributed by atoms with E-state index in [1.165, 1.54) is 0 Å². The Morgan fingerprint density at radius 1 is 1.30 bits per heavy atom. The van der Waals surface area contributed by atoms with Gasteiger partial charge in [0, 0.05) is 52.6 Å². The molecule has 1 fully saturated rings. The van der Waals surface area contributed by atoms with Crippen LogP contribution >= 0.6 is 0 Å². The van der Waals surface area contributed by atoms with Gasteiger partial charge in [-0.1, -0.05) is 13.3 Å². The van der Waals surface area contributed by atoms with Gasteiger partial charge in [0.25, 0.3) is 0 Å². The van der Waals surface area contributed by atoms with Gasteiger partial charge in [0.15, 0.2) is 5.96 Å². The van der Waals surface area contributed by atoms with Gasteiger partial charge in [0.2, 0.25) is 5.91 Å². The zero-order valence-electron chi connectivity index (χ0n) is 14.3. The molecule has 2 rings (SSSR count). The Balaban J connectivity index is 1.86. The number of nitrogens with one attached hydrogen (secondary N) is 1. The second-order valence-electron chi connectivity index (χ2n) is 5.81. The largest absolute Gasteiger partial charge is 0.469 e. The number of hydrogen-bond donors (Lipinski definition) is 1. The van der Waals surface area contributed by atoms with Crippen molar-refractivity contribution in [1.29, 1.82) is 0 Å². The molecule has 1 saturated heterocycles. The lowest BCUT2D eigenvalue weighted by Gasteiger charge is -2.36. The van der Waals surface area contributed by atoms with E-state index < -0.39 is 0 Å². The van der Waals surface area contributed by atoms with Crippen LogP contribution in [0.2, 0.25) is 0 Å². The van der Waals surface area contributed by atoms with Gasteiger partial charge in [-0.05, 0) is 18.6 Å². The highest BCUT2D eigenvalue weighted by molar-refractivity contribution is 5.80. The van der Waals surface area contributed by atoms with Crippen LogP contribution in [-0.2, 0) is 11.2 Å². The number of hydrogen-bond acceptors (Lipinski definition) is 3. The summed E-state index contributed by atoms with van der Waals surface area (Å²) in [7, 11) is 0. The van der Waals surface area contributed by atoms with Crippen molar-refractivity contribution in [3.63, 3.8) is 0 Å². The molecule has 1 amide bonds. The summed E-state index contributed by atoms with van der Waals surface area (Å²) in [6.45, 7) is 8.64. The fourth-order valence-corrected chi connectivity index (χ4v) is 2.60. The molecule has 0 bridgehead atoms. The predicted octanol–water partition coefficient (Wildman–Crippen LogP) is 1.73. The third-order valence-electron chi connectivity index (χ3n) is 4.03. The fourth-order valence-electron chi connectivity index (χ4n) is 2.60. The number of furan rings is 1. The van der Waals surface area contributed by atoms with E-state index in [0.717, 1.165) is 70.3 Å². The van der Waals surface area contributed by atoms with Crippen LogP contribution in [0.25, 0.3) is 0 Å². The maximum atomic E-state index is 11.4. The first kappa shape index (κ1) is 17.4. The van der Waals surface area contributed by atoms with Crippen LogP contribution in [0.15, 0.2) is 27.8 Å². The van der Waals surface area contributed by atoms with E-state index in [1.54, 1.807) is 13.2 Å². The summed E-state index contributed by atoms with van der Waals surface area (Å²) in [6.07, 6.45) is 4.78. The van der Waals surface area contributed by atoms with E-state index in [0.29, 0.717) is 0 Å². The van der Waals surface area contributed by atoms with Crippen molar-refractivity contribution in [1.82, 2.24) is 15.1 Å². The number of unbranched alkanes of at least 4 members (excludes halogenated alkanes) is 1. The molecule has 0 aromatic carbocycles. The maximum absolute atomic E-state index is 11.4. The van der Waals surface area contributed by atoms with Gasteiger partial charge in [-0.25, -0.2) is 0 Å². The minimum atomic E-state index is 0.153. The first-order chi connectivity index (χ1) is 11.2. The number of aliphatic imine (C=N–C) groups is 1. The van der Waals surface area contributed by atoms with E-state index in [-0.39, 0.29) is 5.91 Å². The summed E-state index contributed by atoms with van der Waals surface area (Å²) in [5.74, 6) is 2.08. The molecule has 6 nitrogen and oxygen atoms in total. The third kappa shape index (κ3) is 5.62. The van der Waals surface area contributed by atoms with Crippen molar-refractivity contribution in [2.45, 2.75) is 33.1 Å². The van der Waals surface area contributed by atoms with Crippen LogP contribution < -0.4 is 5.32 Å². The molecule has 1 aromatic rings. The van der Waals surface area contributed by atoms with Crippen LogP contribution in [0.3, 0.4) is 0 Å². The molecule has 0 aliphatic carbocycles. The Kier molecular flexibility index (Phi) is 6.97. The van der Waals surface area contributed by atoms with Crippen molar-refractivity contribution in [3.05, 3.63) is 24.2 Å². The number of nitrogens with zero attached hydrogens (tertiary/aromatic N) is 3. The molecule has 1 N–H and O–H groups in total. The summed E-state index contributed by atoms with van der Waals surface area (Å²) in [4.78, 5) is 20.3. The first-order valence-corrected chi connectivity index (χ1v) is 8.52. The van der Waals surface area contributed by atoms with Crippen LogP contribution in [0.1, 0.15) is 32.4 Å². The van der Waals surface area contributed by atoms with Gasteiger partial charge >= 0.3 is 0 Å². The van der Waals surface area contributed by atoms with Gasteiger partial charge in [0.05, 0.1) is 6.26 Å². The van der Waals surface area contributed by atoms with Crippen molar-refractivity contribution in [2.24, 2.45) is 4.99 Å². The highest BCUT2D eigenvalue weighted by Crippen LogP contribution is 2.04. The van der Waals surface area contributed by atoms with Gasteiger partial charge in [-0.3, -0.25) is 9.79 Å². The minimum Gasteiger partial charge on any atom is -0.469 e. The van der Waals surface area contributed by atoms with E-state index in [4.69, 9.17) is 9.41 Å². The van der Waals surface area contributed by atoms with Gasteiger partial charge < -0.3 is 19.5 Å². The quantitative estimate of drug-likeness (QED) is 0.493. The highest BCUT2D eigenvalue weighted by atomic mass is 16.3. The smallest absolute Gasteiger partial charge is 0.219 e. The summed E-state index contributed by atoms with van der Waals surface area (Å²) < 4.78 is 5.36. The topological polar surface area (TPSA) is 61.1 Å². The second-order valence-corrected chi connectivity index (χ2v) is 5.81.